The molecule has 3 N–H and O–H groups in total. The van der Waals surface area contributed by atoms with Gasteiger partial charge in [0.05, 0.1) is 11.3 Å². The van der Waals surface area contributed by atoms with Crippen molar-refractivity contribution in [1.29, 1.82) is 5.26 Å². The minimum atomic E-state index is -0.146. The number of hydrogen-bond donors (Lipinski definition) is 3. The number of likely N-dealkylation sites (tertiary alicyclic amines) is 1. The van der Waals surface area contributed by atoms with Gasteiger partial charge in [-0.15, -0.1) is 0 Å². The van der Waals surface area contributed by atoms with Crippen LogP contribution in [0.3, 0.4) is 0 Å². The van der Waals surface area contributed by atoms with Crippen LogP contribution in [0.25, 0.3) is 11.0 Å². The van der Waals surface area contributed by atoms with E-state index in [1.165, 1.54) is 0 Å². The number of carbonyl (C=O) groups excluding carboxylic acids is 1. The van der Waals surface area contributed by atoms with Gasteiger partial charge in [-0.25, -0.2) is 9.97 Å². The molecule has 1 saturated heterocycles. The van der Waals surface area contributed by atoms with Gasteiger partial charge >= 0.3 is 0 Å². The van der Waals surface area contributed by atoms with Crippen molar-refractivity contribution in [3.05, 3.63) is 53.6 Å². The third kappa shape index (κ3) is 3.98. The number of aromatic amines is 1. The molecule has 0 spiro atoms. The summed E-state index contributed by atoms with van der Waals surface area (Å²) in [7, 11) is 1.63. The van der Waals surface area contributed by atoms with Crippen molar-refractivity contribution in [2.24, 2.45) is 0 Å². The van der Waals surface area contributed by atoms with Gasteiger partial charge in [0.15, 0.2) is 0 Å². The summed E-state index contributed by atoms with van der Waals surface area (Å²) >= 11 is 0. The minimum absolute atomic E-state index is 0.146. The molecule has 154 valence electrons. The molecule has 3 aromatic heterocycles. The lowest BCUT2D eigenvalue weighted by atomic mass is 9.96. The fourth-order valence-corrected chi connectivity index (χ4v) is 4.08. The first-order valence-corrected chi connectivity index (χ1v) is 10.1. The highest BCUT2D eigenvalue weighted by Crippen LogP contribution is 2.29. The van der Waals surface area contributed by atoms with Crippen molar-refractivity contribution in [3.63, 3.8) is 0 Å². The van der Waals surface area contributed by atoms with Gasteiger partial charge in [0.2, 0.25) is 0 Å². The number of piperidine rings is 1. The Bertz CT molecular complexity index is 1080. The predicted octanol–water partition coefficient (Wildman–Crippen LogP) is 2.65. The average Bonchev–Trinajstić information content (AvgIpc) is 3.25. The van der Waals surface area contributed by atoms with Gasteiger partial charge < -0.3 is 15.6 Å². The molecule has 1 amide bonds. The third-order valence-corrected chi connectivity index (χ3v) is 5.75. The second-order valence-electron chi connectivity index (χ2n) is 7.71. The van der Waals surface area contributed by atoms with E-state index < -0.39 is 0 Å². The average molecular weight is 403 g/mol. The maximum Gasteiger partial charge on any atom is 0.254 e. The van der Waals surface area contributed by atoms with E-state index in [9.17, 15) is 4.79 Å². The Balaban J connectivity index is 1.47. The summed E-state index contributed by atoms with van der Waals surface area (Å²) in [6.07, 6.45) is 7.18. The molecular formula is C22H25N7O. The Hall–Kier alpha value is -3.44. The number of anilines is 1. The van der Waals surface area contributed by atoms with E-state index in [-0.39, 0.29) is 11.9 Å². The van der Waals surface area contributed by atoms with Crippen LogP contribution < -0.4 is 10.6 Å². The van der Waals surface area contributed by atoms with Crippen molar-refractivity contribution in [1.82, 2.24) is 25.2 Å². The van der Waals surface area contributed by atoms with E-state index in [1.807, 2.05) is 18.3 Å². The zero-order valence-corrected chi connectivity index (χ0v) is 17.1. The second kappa shape index (κ2) is 8.51. The van der Waals surface area contributed by atoms with E-state index in [0.29, 0.717) is 17.3 Å². The molecule has 0 radical (unpaired) electrons. The molecule has 4 rings (SSSR count). The van der Waals surface area contributed by atoms with E-state index >= 15 is 0 Å². The fourth-order valence-electron chi connectivity index (χ4n) is 4.08. The largest absolute Gasteiger partial charge is 0.381 e. The van der Waals surface area contributed by atoms with Crippen LogP contribution in [0.5, 0.6) is 0 Å². The lowest BCUT2D eigenvalue weighted by Gasteiger charge is -2.38. The first-order valence-electron chi connectivity index (χ1n) is 10.1. The molecule has 3 aromatic rings. The van der Waals surface area contributed by atoms with Crippen molar-refractivity contribution in [3.8, 4) is 6.07 Å². The second-order valence-corrected chi connectivity index (χ2v) is 7.71. The van der Waals surface area contributed by atoms with Crippen LogP contribution in [0.15, 0.2) is 36.8 Å². The Labute approximate surface area is 175 Å². The quantitative estimate of drug-likeness (QED) is 0.604. The van der Waals surface area contributed by atoms with Crippen LogP contribution in [-0.4, -0.2) is 51.4 Å². The van der Waals surface area contributed by atoms with Gasteiger partial charge in [0, 0.05) is 56.2 Å². The number of fused-ring (bicyclic) bond motifs is 1. The maximum atomic E-state index is 12.4. The number of pyridine rings is 2. The van der Waals surface area contributed by atoms with Crippen LogP contribution in [0.4, 0.5) is 5.69 Å². The normalized spacial score (nSPS) is 19.4. The molecule has 1 aliphatic rings. The number of carbonyl (C=O) groups is 1. The predicted molar refractivity (Wildman–Crippen MR) is 115 cm³/mol. The van der Waals surface area contributed by atoms with Gasteiger partial charge in [-0.2, -0.15) is 5.26 Å². The van der Waals surface area contributed by atoms with Crippen molar-refractivity contribution >= 4 is 22.6 Å². The minimum Gasteiger partial charge on any atom is -0.381 e. The lowest BCUT2D eigenvalue weighted by Crippen LogP contribution is -2.44. The first kappa shape index (κ1) is 19.9. The van der Waals surface area contributed by atoms with Crippen LogP contribution >= 0.6 is 0 Å². The topological polar surface area (TPSA) is 110 Å². The monoisotopic (exact) mass is 403 g/mol. The molecule has 2 atom stereocenters. The Morgan fingerprint density at radius 1 is 1.33 bits per heavy atom. The number of amides is 1. The number of nitriles is 1. The summed E-state index contributed by atoms with van der Waals surface area (Å²) in [5.41, 5.74) is 3.71. The summed E-state index contributed by atoms with van der Waals surface area (Å²) in [5.74, 6) is -0.146. The molecule has 8 heteroatoms. The summed E-state index contributed by atoms with van der Waals surface area (Å²) in [6.45, 7) is 3.98. The number of nitrogens with one attached hydrogen (secondary N) is 3. The number of nitrogens with zero attached hydrogens (tertiary/aromatic N) is 4. The SMILES string of the molecule is CNC(=O)c1cnc2[nH]ccc2c1N[C@@H]1CCN(Cc2ccc(C#N)nc2)[C@H](C)C1. The third-order valence-electron chi connectivity index (χ3n) is 5.75. The van der Waals surface area contributed by atoms with E-state index in [0.717, 1.165) is 48.2 Å². The van der Waals surface area contributed by atoms with Crippen LogP contribution in [0.2, 0.25) is 0 Å². The molecule has 30 heavy (non-hydrogen) atoms. The molecule has 0 unspecified atom stereocenters. The Morgan fingerprint density at radius 2 is 2.20 bits per heavy atom. The van der Waals surface area contributed by atoms with Gasteiger partial charge in [-0.3, -0.25) is 9.69 Å². The van der Waals surface area contributed by atoms with Crippen molar-refractivity contribution in [2.45, 2.75) is 38.4 Å². The van der Waals surface area contributed by atoms with Crippen molar-refractivity contribution < 1.29 is 4.79 Å². The highest BCUT2D eigenvalue weighted by Gasteiger charge is 2.27. The molecular weight excluding hydrogens is 378 g/mol. The van der Waals surface area contributed by atoms with E-state index in [4.69, 9.17) is 5.26 Å². The van der Waals surface area contributed by atoms with Crippen LogP contribution in [-0.2, 0) is 6.54 Å². The number of hydrogen-bond acceptors (Lipinski definition) is 6. The zero-order valence-electron chi connectivity index (χ0n) is 17.1. The Morgan fingerprint density at radius 3 is 2.90 bits per heavy atom. The molecule has 8 nitrogen and oxygen atoms in total. The first-order chi connectivity index (χ1) is 14.6. The molecule has 1 fully saturated rings. The summed E-state index contributed by atoms with van der Waals surface area (Å²) in [6, 6.07) is 8.38. The van der Waals surface area contributed by atoms with Gasteiger partial charge in [-0.1, -0.05) is 6.07 Å². The van der Waals surface area contributed by atoms with Crippen LogP contribution in [0, 0.1) is 11.3 Å². The standard InChI is InChI=1S/C22H25N7O/c1-14-9-16(6-8-29(14)13-15-3-4-17(10-23)26-11-15)28-20-18-5-7-25-21(18)27-12-19(20)22(30)24-2/h3-5,7,11-12,14,16H,6,8-9,13H2,1-2H3,(H,24,30)(H2,25,27,28)/t14-,16-/m1/s1. The lowest BCUT2D eigenvalue weighted by molar-refractivity contribution is 0.0963. The zero-order chi connectivity index (χ0) is 21.1. The number of aromatic nitrogens is 3. The molecule has 1 aliphatic heterocycles. The smallest absolute Gasteiger partial charge is 0.254 e. The van der Waals surface area contributed by atoms with Crippen LogP contribution in [0.1, 0.15) is 41.4 Å². The van der Waals surface area contributed by atoms with Gasteiger partial charge in [-0.05, 0) is 37.5 Å². The Kier molecular flexibility index (Phi) is 5.63. The summed E-state index contributed by atoms with van der Waals surface area (Å²) < 4.78 is 0. The molecule has 0 aromatic carbocycles. The molecule has 0 saturated carbocycles. The van der Waals surface area contributed by atoms with E-state index in [1.54, 1.807) is 25.5 Å². The maximum absolute atomic E-state index is 12.4. The molecule has 0 bridgehead atoms. The fraction of sp³-hybridized carbons (Fsp3) is 0.364. The summed E-state index contributed by atoms with van der Waals surface area (Å²) in [4.78, 5) is 26.4. The molecule has 0 aliphatic carbocycles. The summed E-state index contributed by atoms with van der Waals surface area (Å²) in [5, 5.41) is 16.2. The van der Waals surface area contributed by atoms with Crippen molar-refractivity contribution in [2.75, 3.05) is 18.9 Å². The van der Waals surface area contributed by atoms with E-state index in [2.05, 4.69) is 43.5 Å². The number of rotatable bonds is 5. The van der Waals surface area contributed by atoms with Gasteiger partial charge in [0.1, 0.15) is 17.4 Å². The highest BCUT2D eigenvalue weighted by molar-refractivity contribution is 6.06. The van der Waals surface area contributed by atoms with Gasteiger partial charge in [0.25, 0.3) is 5.91 Å². The molecule has 4 heterocycles. The highest BCUT2D eigenvalue weighted by atomic mass is 16.1. The number of H-pyrrole nitrogens is 1.